The summed E-state index contributed by atoms with van der Waals surface area (Å²) >= 11 is 6.20. The number of aryl methyl sites for hydroxylation is 3. The smallest absolute Gasteiger partial charge is 0.379 e. The summed E-state index contributed by atoms with van der Waals surface area (Å²) in [5, 5.41) is 14.3. The fraction of sp³-hybridized carbons (Fsp3) is 0.240. The maximum Gasteiger partial charge on any atom is 0.379 e. The minimum Gasteiger partial charge on any atom is -0.508 e. The van der Waals surface area contributed by atoms with Gasteiger partial charge in [0.15, 0.2) is 0 Å². The van der Waals surface area contributed by atoms with Crippen molar-refractivity contribution in [2.75, 3.05) is 0 Å². The molecule has 0 fully saturated rings. The van der Waals surface area contributed by atoms with Crippen molar-refractivity contribution in [3.63, 3.8) is 0 Å². The largest absolute Gasteiger partial charge is 0.508 e. The third-order valence-corrected chi connectivity index (χ3v) is 6.15. The van der Waals surface area contributed by atoms with E-state index in [9.17, 15) is 14.7 Å². The Bertz CT molecular complexity index is 1250. The van der Waals surface area contributed by atoms with Crippen LogP contribution in [0.3, 0.4) is 0 Å². The molecule has 7 nitrogen and oxygen atoms in total. The van der Waals surface area contributed by atoms with E-state index in [1.54, 1.807) is 19.1 Å². The van der Waals surface area contributed by atoms with Crippen LogP contribution in [0, 0.1) is 20.8 Å². The molecule has 4 rings (SSSR count). The lowest BCUT2D eigenvalue weighted by molar-refractivity contribution is 0.0698. The van der Waals surface area contributed by atoms with Gasteiger partial charge in [-0.1, -0.05) is 11.6 Å². The number of rotatable bonds is 4. The fourth-order valence-corrected chi connectivity index (χ4v) is 4.00. The monoisotopic (exact) mass is 466 g/mol. The van der Waals surface area contributed by atoms with Gasteiger partial charge in [0.05, 0.1) is 5.71 Å². The summed E-state index contributed by atoms with van der Waals surface area (Å²) in [6.07, 6.45) is 2.07. The molecule has 33 heavy (non-hydrogen) atoms. The maximum absolute atomic E-state index is 12.9. The number of hydrogen-bond acceptors (Lipinski definition) is 6. The number of aromatic hydroxyl groups is 1. The van der Waals surface area contributed by atoms with Crippen LogP contribution < -0.4 is 10.2 Å². The Morgan fingerprint density at radius 1 is 1.09 bits per heavy atom. The van der Waals surface area contributed by atoms with Crippen molar-refractivity contribution in [1.82, 2.24) is 5.43 Å². The summed E-state index contributed by atoms with van der Waals surface area (Å²) < 4.78 is 11.4. The van der Waals surface area contributed by atoms with Crippen molar-refractivity contribution in [3.8, 4) is 11.5 Å². The SMILES string of the molecule is Cc1cc(OC(=O)c2oc3c(c2C)/C(=N/NC(=O)c2ccc(O)cc2)CCC3)cc(C)c1Cl. The van der Waals surface area contributed by atoms with Gasteiger partial charge in [-0.2, -0.15) is 5.10 Å². The van der Waals surface area contributed by atoms with E-state index in [4.69, 9.17) is 20.8 Å². The van der Waals surface area contributed by atoms with Crippen LogP contribution in [0.1, 0.15) is 61.8 Å². The van der Waals surface area contributed by atoms with Gasteiger partial charge in [-0.25, -0.2) is 10.2 Å². The van der Waals surface area contributed by atoms with Crippen LogP contribution in [0.15, 0.2) is 45.9 Å². The average molecular weight is 467 g/mol. The topological polar surface area (TPSA) is 101 Å². The number of amides is 1. The normalized spacial score (nSPS) is 14.1. The van der Waals surface area contributed by atoms with E-state index in [2.05, 4.69) is 10.5 Å². The Hall–Kier alpha value is -3.58. The van der Waals surface area contributed by atoms with E-state index in [0.29, 0.717) is 46.2 Å². The van der Waals surface area contributed by atoms with E-state index < -0.39 is 11.9 Å². The highest BCUT2D eigenvalue weighted by molar-refractivity contribution is 6.32. The summed E-state index contributed by atoms with van der Waals surface area (Å²) in [4.78, 5) is 25.3. The third kappa shape index (κ3) is 4.64. The van der Waals surface area contributed by atoms with E-state index in [0.717, 1.165) is 23.1 Å². The minimum absolute atomic E-state index is 0.0761. The second-order valence-corrected chi connectivity index (χ2v) is 8.39. The predicted octanol–water partition coefficient (Wildman–Crippen LogP) is 5.25. The van der Waals surface area contributed by atoms with Crippen LogP contribution in [-0.4, -0.2) is 22.7 Å². The van der Waals surface area contributed by atoms with E-state index in [1.165, 1.54) is 24.3 Å². The first-order valence-electron chi connectivity index (χ1n) is 10.5. The number of nitrogens with zero attached hydrogens (tertiary/aromatic N) is 1. The molecular formula is C25H23ClN2O5. The minimum atomic E-state index is -0.601. The molecule has 0 spiro atoms. The number of carbonyl (C=O) groups excluding carboxylic acids is 2. The molecule has 8 heteroatoms. The molecule has 2 N–H and O–H groups in total. The first-order chi connectivity index (χ1) is 15.7. The number of nitrogens with one attached hydrogen (secondary N) is 1. The molecule has 0 bridgehead atoms. The molecule has 0 saturated heterocycles. The van der Waals surface area contributed by atoms with Gasteiger partial charge in [0.25, 0.3) is 5.91 Å². The first-order valence-corrected chi connectivity index (χ1v) is 10.9. The van der Waals surface area contributed by atoms with Crippen molar-refractivity contribution >= 4 is 29.2 Å². The van der Waals surface area contributed by atoms with Crippen molar-refractivity contribution in [1.29, 1.82) is 0 Å². The van der Waals surface area contributed by atoms with E-state index in [1.807, 2.05) is 13.8 Å². The zero-order valence-electron chi connectivity index (χ0n) is 18.5. The molecule has 170 valence electrons. The average Bonchev–Trinajstić information content (AvgIpc) is 3.13. The number of phenolic OH excluding ortho intramolecular Hbond substituents is 1. The van der Waals surface area contributed by atoms with Gasteiger partial charge in [-0.05, 0) is 81.1 Å². The number of carbonyl (C=O) groups is 2. The van der Waals surface area contributed by atoms with Gasteiger partial charge < -0.3 is 14.3 Å². The van der Waals surface area contributed by atoms with Crippen LogP contribution in [0.4, 0.5) is 0 Å². The number of fused-ring (bicyclic) bond motifs is 1. The number of halogens is 1. The lowest BCUT2D eigenvalue weighted by Gasteiger charge is -2.13. The zero-order valence-corrected chi connectivity index (χ0v) is 19.2. The number of hydrazone groups is 1. The second-order valence-electron chi connectivity index (χ2n) is 8.01. The summed E-state index contributed by atoms with van der Waals surface area (Å²) in [5.74, 6) is 0.228. The quantitative estimate of drug-likeness (QED) is 0.310. The molecule has 0 atom stereocenters. The Morgan fingerprint density at radius 3 is 2.42 bits per heavy atom. The van der Waals surface area contributed by atoms with Crippen molar-refractivity contribution in [2.24, 2.45) is 5.10 Å². The number of ether oxygens (including phenoxy) is 1. The lowest BCUT2D eigenvalue weighted by Crippen LogP contribution is -2.22. The highest BCUT2D eigenvalue weighted by Gasteiger charge is 2.29. The number of benzene rings is 2. The first kappa shape index (κ1) is 22.6. The highest BCUT2D eigenvalue weighted by Crippen LogP contribution is 2.31. The summed E-state index contributed by atoms with van der Waals surface area (Å²) in [5.41, 5.74) is 6.53. The summed E-state index contributed by atoms with van der Waals surface area (Å²) in [6.45, 7) is 5.47. The highest BCUT2D eigenvalue weighted by atomic mass is 35.5. The number of phenols is 1. The van der Waals surface area contributed by atoms with Crippen LogP contribution in [-0.2, 0) is 6.42 Å². The number of furan rings is 1. The molecule has 1 aliphatic rings. The van der Waals surface area contributed by atoms with Crippen LogP contribution in [0.5, 0.6) is 11.5 Å². The molecule has 2 aromatic carbocycles. The third-order valence-electron chi connectivity index (χ3n) is 5.55. The Labute approximate surface area is 196 Å². The molecule has 1 amide bonds. The molecule has 0 saturated carbocycles. The summed E-state index contributed by atoms with van der Waals surface area (Å²) in [6, 6.07) is 9.29. The standard InChI is InChI=1S/C25H23ClN2O5/c1-13-11-18(12-14(2)22(13)26)32-25(31)23-15(3)21-19(5-4-6-20(21)33-23)27-28-24(30)16-7-9-17(29)10-8-16/h7-12,29H,4-6H2,1-3H3,(H,28,30)/b27-19+. The van der Waals surface area contributed by atoms with Gasteiger partial charge in [-0.3, -0.25) is 4.79 Å². The molecule has 0 aliphatic heterocycles. The van der Waals surface area contributed by atoms with Gasteiger partial charge in [0.1, 0.15) is 17.3 Å². The number of hydrogen-bond donors (Lipinski definition) is 2. The fourth-order valence-electron chi connectivity index (χ4n) is 3.89. The maximum atomic E-state index is 12.9. The van der Waals surface area contributed by atoms with Gasteiger partial charge in [0, 0.05) is 28.1 Å². The molecule has 3 aromatic rings. The van der Waals surface area contributed by atoms with Gasteiger partial charge >= 0.3 is 5.97 Å². The number of esters is 1. The van der Waals surface area contributed by atoms with Gasteiger partial charge in [-0.15, -0.1) is 0 Å². The molecule has 0 unspecified atom stereocenters. The predicted molar refractivity (Wildman–Crippen MR) is 124 cm³/mol. The Balaban J connectivity index is 1.57. The molecule has 1 aliphatic carbocycles. The van der Waals surface area contributed by atoms with Crippen LogP contribution in [0.25, 0.3) is 0 Å². The van der Waals surface area contributed by atoms with Gasteiger partial charge in [0.2, 0.25) is 5.76 Å². The Morgan fingerprint density at radius 2 is 1.76 bits per heavy atom. The molecular weight excluding hydrogens is 444 g/mol. The van der Waals surface area contributed by atoms with Crippen molar-refractivity contribution in [3.05, 3.63) is 80.8 Å². The molecule has 0 radical (unpaired) electrons. The van der Waals surface area contributed by atoms with E-state index in [-0.39, 0.29) is 11.5 Å². The molecule has 1 heterocycles. The molecule has 1 aromatic heterocycles. The Kier molecular flexibility index (Phi) is 6.24. The zero-order chi connectivity index (χ0) is 23.7. The second kappa shape index (κ2) is 9.11. The van der Waals surface area contributed by atoms with Crippen LogP contribution in [0.2, 0.25) is 5.02 Å². The van der Waals surface area contributed by atoms with Crippen molar-refractivity contribution in [2.45, 2.75) is 40.0 Å². The van der Waals surface area contributed by atoms with Crippen LogP contribution >= 0.6 is 11.6 Å². The van der Waals surface area contributed by atoms with Crippen molar-refractivity contribution < 1.29 is 23.8 Å². The van der Waals surface area contributed by atoms with E-state index >= 15 is 0 Å². The lowest BCUT2D eigenvalue weighted by atomic mass is 9.93. The summed E-state index contributed by atoms with van der Waals surface area (Å²) in [7, 11) is 0.